The van der Waals surface area contributed by atoms with E-state index in [2.05, 4.69) is 34.5 Å². The smallest absolute Gasteiger partial charge is 0.168 e. The van der Waals surface area contributed by atoms with E-state index in [-0.39, 0.29) is 17.7 Å². The van der Waals surface area contributed by atoms with Crippen LogP contribution in [0.1, 0.15) is 13.3 Å². The highest BCUT2D eigenvalue weighted by molar-refractivity contribution is 5.47. The first-order valence-corrected chi connectivity index (χ1v) is 6.50. The molecule has 0 amide bonds. The number of hydrogen-bond donors (Lipinski definition) is 2. The van der Waals surface area contributed by atoms with Crippen molar-refractivity contribution in [3.8, 4) is 0 Å². The van der Waals surface area contributed by atoms with Crippen LogP contribution in [0.3, 0.4) is 0 Å². The van der Waals surface area contributed by atoms with Crippen LogP contribution < -0.4 is 10.6 Å². The summed E-state index contributed by atoms with van der Waals surface area (Å²) < 4.78 is 27.1. The van der Waals surface area contributed by atoms with Crippen molar-refractivity contribution in [2.45, 2.75) is 19.4 Å². The quantitative estimate of drug-likeness (QED) is 0.883. The summed E-state index contributed by atoms with van der Waals surface area (Å²) in [4.78, 5) is 6.20. The van der Waals surface area contributed by atoms with Gasteiger partial charge in [-0.25, -0.2) is 13.8 Å². The number of anilines is 2. The van der Waals surface area contributed by atoms with Gasteiger partial charge in [0.05, 0.1) is 0 Å². The Labute approximate surface area is 112 Å². The molecule has 1 saturated heterocycles. The number of nitrogens with one attached hydrogen (secondary N) is 2. The minimum absolute atomic E-state index is 0.0597. The third-order valence-electron chi connectivity index (χ3n) is 3.60. The first-order valence-electron chi connectivity index (χ1n) is 6.50. The minimum Gasteiger partial charge on any atom is -0.371 e. The van der Waals surface area contributed by atoms with Crippen LogP contribution in [0.5, 0.6) is 0 Å². The van der Waals surface area contributed by atoms with Crippen molar-refractivity contribution < 1.29 is 8.78 Å². The van der Waals surface area contributed by atoms with Gasteiger partial charge in [0.1, 0.15) is 0 Å². The van der Waals surface area contributed by atoms with E-state index < -0.39 is 11.6 Å². The summed E-state index contributed by atoms with van der Waals surface area (Å²) in [7, 11) is 3.63. The van der Waals surface area contributed by atoms with Crippen LogP contribution in [0.25, 0.3) is 0 Å². The molecule has 0 spiro atoms. The average molecular weight is 270 g/mol. The number of aromatic nitrogens is 1. The summed E-state index contributed by atoms with van der Waals surface area (Å²) >= 11 is 0. The molecule has 2 heterocycles. The van der Waals surface area contributed by atoms with Gasteiger partial charge in [0.2, 0.25) is 0 Å². The van der Waals surface area contributed by atoms with Crippen LogP contribution >= 0.6 is 0 Å². The molecule has 0 saturated carbocycles. The first-order chi connectivity index (χ1) is 9.01. The lowest BCUT2D eigenvalue weighted by atomic mass is 9.94. The monoisotopic (exact) mass is 270 g/mol. The summed E-state index contributed by atoms with van der Waals surface area (Å²) in [5.74, 6) is -0.760. The lowest BCUT2D eigenvalue weighted by molar-refractivity contribution is 0.205. The molecule has 2 unspecified atom stereocenters. The Morgan fingerprint density at radius 1 is 1.32 bits per heavy atom. The predicted molar refractivity (Wildman–Crippen MR) is 72.4 cm³/mol. The van der Waals surface area contributed by atoms with Gasteiger partial charge in [-0.2, -0.15) is 0 Å². The van der Waals surface area contributed by atoms with E-state index in [0.717, 1.165) is 25.6 Å². The standard InChI is InChI=1S/C13H20F2N4/c1-8-7-19(3)5-4-11(8)17-13-10(15)6-9(14)12(16-2)18-13/h6,8,11H,4-5,7H2,1-3H3,(H2,16,17,18). The van der Waals surface area contributed by atoms with Gasteiger partial charge < -0.3 is 15.5 Å². The summed E-state index contributed by atoms with van der Waals surface area (Å²) in [5, 5.41) is 5.72. The highest BCUT2D eigenvalue weighted by Crippen LogP contribution is 2.23. The molecule has 0 bridgehead atoms. The van der Waals surface area contributed by atoms with Crippen LogP contribution in [0.4, 0.5) is 20.4 Å². The molecule has 0 radical (unpaired) electrons. The Morgan fingerprint density at radius 3 is 2.63 bits per heavy atom. The summed E-state index contributed by atoms with van der Waals surface area (Å²) in [5.41, 5.74) is 0. The molecule has 0 aliphatic carbocycles. The molecule has 2 rings (SSSR count). The van der Waals surface area contributed by atoms with Gasteiger partial charge in [0.25, 0.3) is 0 Å². The van der Waals surface area contributed by atoms with Crippen LogP contribution in [-0.4, -0.2) is 43.1 Å². The summed E-state index contributed by atoms with van der Waals surface area (Å²) in [6.07, 6.45) is 0.922. The third kappa shape index (κ3) is 3.12. The fourth-order valence-corrected chi connectivity index (χ4v) is 2.49. The van der Waals surface area contributed by atoms with Gasteiger partial charge in [-0.15, -0.1) is 0 Å². The zero-order valence-corrected chi connectivity index (χ0v) is 11.5. The van der Waals surface area contributed by atoms with Crippen LogP contribution in [0, 0.1) is 17.6 Å². The Balaban J connectivity index is 2.14. The van der Waals surface area contributed by atoms with E-state index in [1.165, 1.54) is 0 Å². The van der Waals surface area contributed by atoms with Crippen molar-refractivity contribution in [3.63, 3.8) is 0 Å². The Morgan fingerprint density at radius 2 is 2.00 bits per heavy atom. The van der Waals surface area contributed by atoms with Gasteiger partial charge >= 0.3 is 0 Å². The molecule has 106 valence electrons. The van der Waals surface area contributed by atoms with E-state index >= 15 is 0 Å². The second-order valence-electron chi connectivity index (χ2n) is 5.18. The number of nitrogens with zero attached hydrogens (tertiary/aromatic N) is 2. The second-order valence-corrected chi connectivity index (χ2v) is 5.18. The largest absolute Gasteiger partial charge is 0.371 e. The van der Waals surface area contributed by atoms with Crippen LogP contribution in [0.2, 0.25) is 0 Å². The number of piperidine rings is 1. The molecule has 2 atom stereocenters. The van der Waals surface area contributed by atoms with Gasteiger partial charge in [-0.1, -0.05) is 6.92 Å². The van der Waals surface area contributed by atoms with Crippen molar-refractivity contribution in [2.24, 2.45) is 5.92 Å². The third-order valence-corrected chi connectivity index (χ3v) is 3.60. The normalized spacial score (nSPS) is 24.3. The molecule has 1 aromatic heterocycles. The Hall–Kier alpha value is -1.43. The number of pyridine rings is 1. The molecule has 1 aliphatic rings. The van der Waals surface area contributed by atoms with E-state index in [1.807, 2.05) is 0 Å². The highest BCUT2D eigenvalue weighted by Gasteiger charge is 2.25. The van der Waals surface area contributed by atoms with E-state index in [4.69, 9.17) is 0 Å². The van der Waals surface area contributed by atoms with Crippen molar-refractivity contribution in [1.82, 2.24) is 9.88 Å². The molecule has 1 aliphatic heterocycles. The number of hydrogen-bond acceptors (Lipinski definition) is 4. The van der Waals surface area contributed by atoms with Gasteiger partial charge in [0, 0.05) is 25.7 Å². The van der Waals surface area contributed by atoms with Crippen molar-refractivity contribution >= 4 is 11.6 Å². The average Bonchev–Trinajstić information content (AvgIpc) is 2.35. The zero-order chi connectivity index (χ0) is 14.0. The van der Waals surface area contributed by atoms with Crippen molar-refractivity contribution in [2.75, 3.05) is 37.8 Å². The predicted octanol–water partition coefficient (Wildman–Crippen LogP) is 2.15. The molecular formula is C13H20F2N4. The molecule has 6 heteroatoms. The molecule has 2 N–H and O–H groups in total. The van der Waals surface area contributed by atoms with Crippen LogP contribution in [0.15, 0.2) is 6.07 Å². The Kier molecular flexibility index (Phi) is 4.19. The SMILES string of the molecule is CNc1nc(NC2CCN(C)CC2C)c(F)cc1F. The van der Waals surface area contributed by atoms with E-state index in [9.17, 15) is 8.78 Å². The van der Waals surface area contributed by atoms with Crippen molar-refractivity contribution in [1.29, 1.82) is 0 Å². The van der Waals surface area contributed by atoms with Gasteiger partial charge in [-0.05, 0) is 25.9 Å². The lowest BCUT2D eigenvalue weighted by Crippen LogP contribution is -2.43. The lowest BCUT2D eigenvalue weighted by Gasteiger charge is -2.35. The maximum absolute atomic E-state index is 13.7. The molecular weight excluding hydrogens is 250 g/mol. The molecule has 4 nitrogen and oxygen atoms in total. The van der Waals surface area contributed by atoms with Gasteiger partial charge in [0.15, 0.2) is 23.3 Å². The number of likely N-dealkylation sites (tertiary alicyclic amines) is 1. The number of halogens is 2. The fraction of sp³-hybridized carbons (Fsp3) is 0.615. The summed E-state index contributed by atoms with van der Waals surface area (Å²) in [6, 6.07) is 1.02. The number of rotatable bonds is 3. The highest BCUT2D eigenvalue weighted by atomic mass is 19.1. The van der Waals surface area contributed by atoms with Crippen molar-refractivity contribution in [3.05, 3.63) is 17.7 Å². The van der Waals surface area contributed by atoms with Gasteiger partial charge in [-0.3, -0.25) is 0 Å². The maximum Gasteiger partial charge on any atom is 0.168 e. The topological polar surface area (TPSA) is 40.2 Å². The maximum atomic E-state index is 13.7. The fourth-order valence-electron chi connectivity index (χ4n) is 2.49. The first kappa shape index (κ1) is 14.0. The summed E-state index contributed by atoms with van der Waals surface area (Å²) in [6.45, 7) is 4.04. The van der Waals surface area contributed by atoms with E-state index in [1.54, 1.807) is 7.05 Å². The minimum atomic E-state index is -0.679. The van der Waals surface area contributed by atoms with Crippen LogP contribution in [-0.2, 0) is 0 Å². The molecule has 19 heavy (non-hydrogen) atoms. The molecule has 1 aromatic rings. The zero-order valence-electron chi connectivity index (χ0n) is 11.5. The molecule has 0 aromatic carbocycles. The van der Waals surface area contributed by atoms with E-state index in [0.29, 0.717) is 5.92 Å². The molecule has 1 fully saturated rings. The Bertz CT molecular complexity index is 453. The second kappa shape index (κ2) is 5.69.